The molecule has 0 saturated carbocycles. The molecule has 0 aromatic carbocycles. The third-order valence-corrected chi connectivity index (χ3v) is 2.28. The molecule has 1 fully saturated rings. The Morgan fingerprint density at radius 2 is 2.23 bits per heavy atom. The molecule has 1 aliphatic rings. The van der Waals surface area contributed by atoms with Crippen LogP contribution in [0, 0.1) is 5.82 Å². The van der Waals surface area contributed by atoms with Gasteiger partial charge in [0.15, 0.2) is 5.82 Å². The first kappa shape index (κ1) is 8.37. The molecule has 5 heteroatoms. The van der Waals surface area contributed by atoms with Crippen LogP contribution in [-0.4, -0.2) is 29.1 Å². The van der Waals surface area contributed by atoms with E-state index < -0.39 is 5.82 Å². The van der Waals surface area contributed by atoms with Gasteiger partial charge in [0, 0.05) is 19.1 Å². The number of rotatable bonds is 2. The fourth-order valence-corrected chi connectivity index (χ4v) is 1.40. The maximum atomic E-state index is 12.5. The summed E-state index contributed by atoms with van der Waals surface area (Å²) in [6.45, 7) is 1.51. The smallest absolute Gasteiger partial charge is 0.225 e. The second-order valence-corrected chi connectivity index (χ2v) is 3.07. The predicted octanol–water partition coefficient (Wildman–Crippen LogP) is 0.153. The maximum Gasteiger partial charge on any atom is 0.225 e. The Hall–Kier alpha value is -1.23. The fraction of sp³-hybridized carbons (Fsp3) is 0.500. The van der Waals surface area contributed by atoms with Crippen LogP contribution in [0.3, 0.4) is 0 Å². The van der Waals surface area contributed by atoms with Crippen molar-refractivity contribution < 1.29 is 4.39 Å². The molecule has 70 valence electrons. The van der Waals surface area contributed by atoms with Crippen molar-refractivity contribution >= 4 is 5.95 Å². The summed E-state index contributed by atoms with van der Waals surface area (Å²) < 4.78 is 12.5. The van der Waals surface area contributed by atoms with E-state index in [1.807, 2.05) is 4.90 Å². The van der Waals surface area contributed by atoms with Crippen LogP contribution in [0.2, 0.25) is 0 Å². The van der Waals surface area contributed by atoms with E-state index in [-0.39, 0.29) is 0 Å². The number of halogens is 1. The highest BCUT2D eigenvalue weighted by Crippen LogP contribution is 2.21. The number of anilines is 1. The van der Waals surface area contributed by atoms with Crippen molar-refractivity contribution in [1.82, 2.24) is 9.97 Å². The molecule has 13 heavy (non-hydrogen) atoms. The largest absolute Gasteiger partial charge is 0.336 e. The third kappa shape index (κ3) is 1.47. The standard InChI is InChI=1S/C8H11FN4/c9-6-4-11-8(12-5-6)13-2-1-7(13)3-10/h4-5,7H,1-3,10H2. The quantitative estimate of drug-likeness (QED) is 0.707. The predicted molar refractivity (Wildman–Crippen MR) is 46.8 cm³/mol. The Bertz CT molecular complexity index is 285. The SMILES string of the molecule is NCC1CCN1c1ncc(F)cn1. The molecule has 0 spiro atoms. The van der Waals surface area contributed by atoms with Crippen LogP contribution in [0.5, 0.6) is 0 Å². The average Bonchev–Trinajstić information content (AvgIpc) is 2.08. The van der Waals surface area contributed by atoms with Crippen molar-refractivity contribution in [2.45, 2.75) is 12.5 Å². The van der Waals surface area contributed by atoms with E-state index in [1.54, 1.807) is 0 Å². The monoisotopic (exact) mass is 182 g/mol. The normalized spacial score (nSPS) is 21.4. The van der Waals surface area contributed by atoms with Crippen LogP contribution in [0.1, 0.15) is 6.42 Å². The van der Waals surface area contributed by atoms with Gasteiger partial charge >= 0.3 is 0 Å². The first-order valence-corrected chi connectivity index (χ1v) is 4.25. The maximum absolute atomic E-state index is 12.5. The Morgan fingerprint density at radius 3 is 2.69 bits per heavy atom. The number of aromatic nitrogens is 2. The van der Waals surface area contributed by atoms with Gasteiger partial charge in [-0.05, 0) is 6.42 Å². The summed E-state index contributed by atoms with van der Waals surface area (Å²) in [7, 11) is 0. The molecule has 0 aliphatic carbocycles. The van der Waals surface area contributed by atoms with Crippen LogP contribution >= 0.6 is 0 Å². The van der Waals surface area contributed by atoms with E-state index in [4.69, 9.17) is 5.73 Å². The molecule has 2 heterocycles. The molecule has 4 nitrogen and oxygen atoms in total. The molecule has 1 aromatic heterocycles. The zero-order valence-corrected chi connectivity index (χ0v) is 7.15. The van der Waals surface area contributed by atoms with Crippen molar-refractivity contribution in [3.05, 3.63) is 18.2 Å². The number of hydrogen-bond donors (Lipinski definition) is 1. The van der Waals surface area contributed by atoms with Gasteiger partial charge < -0.3 is 10.6 Å². The summed E-state index contributed by atoms with van der Waals surface area (Å²) in [5.74, 6) is 0.164. The lowest BCUT2D eigenvalue weighted by Gasteiger charge is -2.40. The topological polar surface area (TPSA) is 55.0 Å². The van der Waals surface area contributed by atoms with Crippen LogP contribution in [0.15, 0.2) is 12.4 Å². The summed E-state index contributed by atoms with van der Waals surface area (Å²) in [5.41, 5.74) is 5.52. The van der Waals surface area contributed by atoms with E-state index in [2.05, 4.69) is 9.97 Å². The lowest BCUT2D eigenvalue weighted by Crippen LogP contribution is -2.52. The van der Waals surface area contributed by atoms with Gasteiger partial charge in [-0.2, -0.15) is 0 Å². The van der Waals surface area contributed by atoms with Gasteiger partial charge in [0.1, 0.15) is 0 Å². The highest BCUT2D eigenvalue weighted by molar-refractivity contribution is 5.35. The van der Waals surface area contributed by atoms with Crippen LogP contribution < -0.4 is 10.6 Å². The summed E-state index contributed by atoms with van der Waals surface area (Å²) in [5, 5.41) is 0. The number of nitrogens with zero attached hydrogens (tertiary/aromatic N) is 3. The Morgan fingerprint density at radius 1 is 1.54 bits per heavy atom. The van der Waals surface area contributed by atoms with Crippen molar-refractivity contribution in [2.24, 2.45) is 5.73 Å². The molecule has 1 unspecified atom stereocenters. The molecule has 2 rings (SSSR count). The van der Waals surface area contributed by atoms with Crippen LogP contribution in [0.4, 0.5) is 10.3 Å². The third-order valence-electron chi connectivity index (χ3n) is 2.28. The highest BCUT2D eigenvalue weighted by Gasteiger charge is 2.28. The van der Waals surface area contributed by atoms with Crippen molar-refractivity contribution in [2.75, 3.05) is 18.0 Å². The summed E-state index contributed by atoms with van der Waals surface area (Å²) in [6.07, 6.45) is 3.42. The van der Waals surface area contributed by atoms with E-state index in [0.717, 1.165) is 13.0 Å². The van der Waals surface area contributed by atoms with E-state index in [1.165, 1.54) is 12.4 Å². The van der Waals surface area contributed by atoms with Crippen LogP contribution in [0.25, 0.3) is 0 Å². The fourth-order valence-electron chi connectivity index (χ4n) is 1.40. The van der Waals surface area contributed by atoms with E-state index in [0.29, 0.717) is 18.5 Å². The molecule has 0 amide bonds. The molecule has 1 saturated heterocycles. The molecule has 2 N–H and O–H groups in total. The van der Waals surface area contributed by atoms with Crippen molar-refractivity contribution in [1.29, 1.82) is 0 Å². The lowest BCUT2D eigenvalue weighted by molar-refractivity contribution is 0.445. The number of hydrogen-bond acceptors (Lipinski definition) is 4. The summed E-state index contributed by atoms with van der Waals surface area (Å²) in [4.78, 5) is 9.75. The zero-order valence-electron chi connectivity index (χ0n) is 7.15. The van der Waals surface area contributed by atoms with Crippen molar-refractivity contribution in [3.63, 3.8) is 0 Å². The Labute approximate surface area is 75.6 Å². The number of nitrogens with two attached hydrogens (primary N) is 1. The summed E-state index contributed by atoms with van der Waals surface area (Å²) in [6, 6.07) is 0.325. The highest BCUT2D eigenvalue weighted by atomic mass is 19.1. The molecule has 1 aromatic rings. The minimum absolute atomic E-state index is 0.325. The van der Waals surface area contributed by atoms with Gasteiger partial charge in [-0.25, -0.2) is 14.4 Å². The summed E-state index contributed by atoms with van der Waals surface area (Å²) >= 11 is 0. The second-order valence-electron chi connectivity index (χ2n) is 3.07. The molecule has 0 bridgehead atoms. The second kappa shape index (κ2) is 3.26. The van der Waals surface area contributed by atoms with E-state index in [9.17, 15) is 4.39 Å². The van der Waals surface area contributed by atoms with Gasteiger partial charge in [0.2, 0.25) is 5.95 Å². The first-order valence-electron chi connectivity index (χ1n) is 4.25. The van der Waals surface area contributed by atoms with Gasteiger partial charge in [0.05, 0.1) is 12.4 Å². The van der Waals surface area contributed by atoms with Gasteiger partial charge in [-0.1, -0.05) is 0 Å². The minimum atomic E-state index is -0.409. The van der Waals surface area contributed by atoms with Crippen molar-refractivity contribution in [3.8, 4) is 0 Å². The lowest BCUT2D eigenvalue weighted by atomic mass is 10.0. The Kier molecular flexibility index (Phi) is 2.10. The van der Waals surface area contributed by atoms with E-state index >= 15 is 0 Å². The molecule has 1 atom stereocenters. The minimum Gasteiger partial charge on any atom is -0.336 e. The average molecular weight is 182 g/mol. The van der Waals surface area contributed by atoms with Gasteiger partial charge in [-0.3, -0.25) is 0 Å². The van der Waals surface area contributed by atoms with Crippen LogP contribution in [-0.2, 0) is 0 Å². The zero-order chi connectivity index (χ0) is 9.26. The molecular weight excluding hydrogens is 171 g/mol. The molecule has 1 aliphatic heterocycles. The Balaban J connectivity index is 2.12. The first-order chi connectivity index (χ1) is 6.31. The molecular formula is C8H11FN4. The molecule has 0 radical (unpaired) electrons. The van der Waals surface area contributed by atoms with Gasteiger partial charge in [0.25, 0.3) is 0 Å². The van der Waals surface area contributed by atoms with Gasteiger partial charge in [-0.15, -0.1) is 0 Å².